The van der Waals surface area contributed by atoms with E-state index in [1.807, 2.05) is 6.07 Å². The molecule has 2 aromatic carbocycles. The molecule has 0 aliphatic carbocycles. The second-order valence-corrected chi connectivity index (χ2v) is 9.44. The Balaban J connectivity index is 1.45. The first-order valence-electron chi connectivity index (χ1n) is 10.4. The van der Waals surface area contributed by atoms with Gasteiger partial charge in [0.2, 0.25) is 15.9 Å². The maximum atomic E-state index is 12.7. The number of nitrogens with one attached hydrogen (secondary N) is 2. The van der Waals surface area contributed by atoms with Crippen LogP contribution in [0.4, 0.5) is 11.4 Å². The SMILES string of the molecule is O=C(Nc1cccc(N2CCCC2=O)c1)c1cccc(S(=O)(=O)NC[C@@H]2CCCO2)c1. The molecular formula is C22H25N3O5S. The zero-order valence-corrected chi connectivity index (χ0v) is 17.9. The summed E-state index contributed by atoms with van der Waals surface area (Å²) in [6, 6.07) is 13.0. The van der Waals surface area contributed by atoms with E-state index in [0.29, 0.717) is 25.3 Å². The molecule has 0 aromatic heterocycles. The molecule has 164 valence electrons. The van der Waals surface area contributed by atoms with Crippen LogP contribution in [0.25, 0.3) is 0 Å². The summed E-state index contributed by atoms with van der Waals surface area (Å²) >= 11 is 0. The number of hydrogen-bond donors (Lipinski definition) is 2. The van der Waals surface area contributed by atoms with Crippen molar-refractivity contribution in [2.24, 2.45) is 0 Å². The number of carbonyl (C=O) groups excluding carboxylic acids is 2. The summed E-state index contributed by atoms with van der Waals surface area (Å²) in [6.07, 6.45) is 2.98. The summed E-state index contributed by atoms with van der Waals surface area (Å²) in [6.45, 7) is 1.52. The quantitative estimate of drug-likeness (QED) is 0.684. The van der Waals surface area contributed by atoms with Gasteiger partial charge < -0.3 is 15.0 Å². The summed E-state index contributed by atoms with van der Waals surface area (Å²) in [5.74, 6) is -0.363. The van der Waals surface area contributed by atoms with Gasteiger partial charge in [0.15, 0.2) is 0 Å². The van der Waals surface area contributed by atoms with Crippen LogP contribution in [0.15, 0.2) is 53.4 Å². The van der Waals surface area contributed by atoms with Gasteiger partial charge in [-0.3, -0.25) is 9.59 Å². The van der Waals surface area contributed by atoms with Crippen LogP contribution in [0.3, 0.4) is 0 Å². The highest BCUT2D eigenvalue weighted by atomic mass is 32.2. The fourth-order valence-electron chi connectivity index (χ4n) is 3.77. The Morgan fingerprint density at radius 3 is 2.71 bits per heavy atom. The number of nitrogens with zero attached hydrogens (tertiary/aromatic N) is 1. The van der Waals surface area contributed by atoms with Crippen molar-refractivity contribution in [1.29, 1.82) is 0 Å². The third kappa shape index (κ3) is 5.12. The normalized spacial score (nSPS) is 19.0. The molecule has 31 heavy (non-hydrogen) atoms. The van der Waals surface area contributed by atoms with Gasteiger partial charge in [0, 0.05) is 43.1 Å². The first-order valence-corrected chi connectivity index (χ1v) is 11.8. The van der Waals surface area contributed by atoms with E-state index >= 15 is 0 Å². The number of rotatable bonds is 7. The molecule has 0 spiro atoms. The third-order valence-corrected chi connectivity index (χ3v) is 6.84. The van der Waals surface area contributed by atoms with Crippen LogP contribution < -0.4 is 14.9 Å². The Hall–Kier alpha value is -2.75. The molecule has 0 saturated carbocycles. The number of amides is 2. The number of benzene rings is 2. The van der Waals surface area contributed by atoms with Crippen molar-refractivity contribution in [3.8, 4) is 0 Å². The molecular weight excluding hydrogens is 418 g/mol. The smallest absolute Gasteiger partial charge is 0.255 e. The van der Waals surface area contributed by atoms with Gasteiger partial charge in [-0.05, 0) is 55.7 Å². The van der Waals surface area contributed by atoms with E-state index in [1.54, 1.807) is 29.2 Å². The molecule has 4 rings (SSSR count). The van der Waals surface area contributed by atoms with Crippen molar-refractivity contribution in [1.82, 2.24) is 4.72 Å². The zero-order chi connectivity index (χ0) is 21.8. The minimum Gasteiger partial charge on any atom is -0.377 e. The Labute approximate surface area is 181 Å². The van der Waals surface area contributed by atoms with Crippen LogP contribution >= 0.6 is 0 Å². The van der Waals surface area contributed by atoms with Crippen molar-refractivity contribution in [2.75, 3.05) is 29.9 Å². The van der Waals surface area contributed by atoms with Crippen LogP contribution in [0.1, 0.15) is 36.0 Å². The Morgan fingerprint density at radius 1 is 1.13 bits per heavy atom. The second-order valence-electron chi connectivity index (χ2n) is 7.67. The van der Waals surface area contributed by atoms with Gasteiger partial charge in [-0.2, -0.15) is 0 Å². The van der Waals surface area contributed by atoms with Crippen molar-refractivity contribution in [3.05, 3.63) is 54.1 Å². The van der Waals surface area contributed by atoms with E-state index in [0.717, 1.165) is 24.9 Å². The molecule has 2 heterocycles. The molecule has 1 atom stereocenters. The number of ether oxygens (including phenoxy) is 1. The Bertz CT molecular complexity index is 1080. The summed E-state index contributed by atoms with van der Waals surface area (Å²) in [5.41, 5.74) is 1.49. The third-order valence-electron chi connectivity index (χ3n) is 5.42. The minimum atomic E-state index is -3.75. The molecule has 0 radical (unpaired) electrons. The molecule has 2 aliphatic heterocycles. The number of sulfonamides is 1. The molecule has 2 aromatic rings. The topological polar surface area (TPSA) is 105 Å². The molecule has 2 N–H and O–H groups in total. The lowest BCUT2D eigenvalue weighted by atomic mass is 10.2. The van der Waals surface area contributed by atoms with E-state index in [9.17, 15) is 18.0 Å². The highest BCUT2D eigenvalue weighted by Crippen LogP contribution is 2.24. The molecule has 2 saturated heterocycles. The van der Waals surface area contributed by atoms with Crippen molar-refractivity contribution in [2.45, 2.75) is 36.7 Å². The van der Waals surface area contributed by atoms with Gasteiger partial charge in [-0.15, -0.1) is 0 Å². The molecule has 0 bridgehead atoms. The summed E-state index contributed by atoms with van der Waals surface area (Å²) < 4.78 is 33.2. The molecule has 2 fully saturated rings. The second kappa shape index (κ2) is 9.17. The fraction of sp³-hybridized carbons (Fsp3) is 0.364. The first-order chi connectivity index (χ1) is 14.9. The lowest BCUT2D eigenvalue weighted by molar-refractivity contribution is -0.117. The van der Waals surface area contributed by atoms with Crippen LogP contribution in [-0.4, -0.2) is 46.0 Å². The van der Waals surface area contributed by atoms with Gasteiger partial charge in [-0.1, -0.05) is 12.1 Å². The van der Waals surface area contributed by atoms with Gasteiger partial charge in [-0.25, -0.2) is 13.1 Å². The summed E-state index contributed by atoms with van der Waals surface area (Å²) in [5, 5.41) is 2.78. The molecule has 2 aliphatic rings. The van der Waals surface area contributed by atoms with E-state index in [4.69, 9.17) is 4.74 Å². The number of hydrogen-bond acceptors (Lipinski definition) is 5. The predicted octanol–water partition coefficient (Wildman–Crippen LogP) is 2.52. The van der Waals surface area contributed by atoms with Gasteiger partial charge in [0.1, 0.15) is 0 Å². The highest BCUT2D eigenvalue weighted by Gasteiger charge is 2.23. The van der Waals surface area contributed by atoms with Crippen molar-refractivity contribution < 1.29 is 22.7 Å². The summed E-state index contributed by atoms with van der Waals surface area (Å²) in [7, 11) is -3.75. The van der Waals surface area contributed by atoms with Gasteiger partial charge >= 0.3 is 0 Å². The number of anilines is 2. The van der Waals surface area contributed by atoms with Crippen LogP contribution in [0, 0.1) is 0 Å². The Kier molecular flexibility index (Phi) is 6.35. The van der Waals surface area contributed by atoms with Gasteiger partial charge in [0.25, 0.3) is 5.91 Å². The van der Waals surface area contributed by atoms with E-state index in [2.05, 4.69) is 10.0 Å². The monoisotopic (exact) mass is 443 g/mol. The molecule has 8 nitrogen and oxygen atoms in total. The average Bonchev–Trinajstić information content (AvgIpc) is 3.44. The molecule has 9 heteroatoms. The molecule has 0 unspecified atom stereocenters. The standard InChI is InChI=1S/C22H25N3O5S/c26-21-10-3-11-25(21)18-7-2-6-17(14-18)24-22(27)16-5-1-9-20(13-16)31(28,29)23-15-19-8-4-12-30-19/h1-2,5-7,9,13-14,19,23H,3-4,8,10-12,15H2,(H,24,27)/t19-/m0/s1. The summed E-state index contributed by atoms with van der Waals surface area (Å²) in [4.78, 5) is 26.4. The van der Waals surface area contributed by atoms with Crippen LogP contribution in [-0.2, 0) is 19.6 Å². The molecule has 2 amide bonds. The largest absolute Gasteiger partial charge is 0.377 e. The first kappa shape index (κ1) is 21.5. The van der Waals surface area contributed by atoms with Crippen LogP contribution in [0.2, 0.25) is 0 Å². The lowest BCUT2D eigenvalue weighted by Gasteiger charge is -2.17. The fourth-order valence-corrected chi connectivity index (χ4v) is 4.88. The van der Waals surface area contributed by atoms with E-state index in [1.165, 1.54) is 18.2 Å². The minimum absolute atomic E-state index is 0.0227. The van der Waals surface area contributed by atoms with E-state index in [-0.39, 0.29) is 29.0 Å². The Morgan fingerprint density at radius 2 is 1.97 bits per heavy atom. The van der Waals surface area contributed by atoms with E-state index < -0.39 is 15.9 Å². The number of carbonyl (C=O) groups is 2. The van der Waals surface area contributed by atoms with Crippen LogP contribution in [0.5, 0.6) is 0 Å². The lowest BCUT2D eigenvalue weighted by Crippen LogP contribution is -2.32. The maximum Gasteiger partial charge on any atom is 0.255 e. The van der Waals surface area contributed by atoms with Gasteiger partial charge in [0.05, 0.1) is 11.0 Å². The highest BCUT2D eigenvalue weighted by molar-refractivity contribution is 7.89. The predicted molar refractivity (Wildman–Crippen MR) is 117 cm³/mol. The van der Waals surface area contributed by atoms with Crippen molar-refractivity contribution in [3.63, 3.8) is 0 Å². The average molecular weight is 444 g/mol. The van der Waals surface area contributed by atoms with Crippen molar-refractivity contribution >= 4 is 33.2 Å². The maximum absolute atomic E-state index is 12.7. The zero-order valence-electron chi connectivity index (χ0n) is 17.0.